The van der Waals surface area contributed by atoms with Crippen molar-refractivity contribution in [3.8, 4) is 0 Å². The summed E-state index contributed by atoms with van der Waals surface area (Å²) in [5, 5.41) is 8.35. The Bertz CT molecular complexity index is 335. The standard InChI is InChI=1S/C10H16N4OS/c11-5-8(7-3-1-2-4-7)12-10(15)9-6-16-14-13-9/h6-8H,1-5,11H2,(H,12,15). The van der Waals surface area contributed by atoms with E-state index in [1.54, 1.807) is 5.38 Å². The molecule has 1 atom stereocenters. The zero-order valence-corrected chi connectivity index (χ0v) is 9.87. The molecule has 2 rings (SSSR count). The van der Waals surface area contributed by atoms with E-state index in [0.29, 0.717) is 18.2 Å². The lowest BCUT2D eigenvalue weighted by molar-refractivity contribution is 0.0919. The van der Waals surface area contributed by atoms with Crippen LogP contribution in [-0.2, 0) is 0 Å². The first-order chi connectivity index (χ1) is 7.81. The fourth-order valence-corrected chi connectivity index (χ4v) is 2.67. The molecule has 1 aliphatic carbocycles. The summed E-state index contributed by atoms with van der Waals surface area (Å²) in [5.41, 5.74) is 6.10. The largest absolute Gasteiger partial charge is 0.346 e. The zero-order valence-electron chi connectivity index (χ0n) is 9.06. The number of amides is 1. The molecule has 16 heavy (non-hydrogen) atoms. The van der Waals surface area contributed by atoms with Crippen molar-refractivity contribution in [2.75, 3.05) is 6.54 Å². The number of nitrogens with two attached hydrogens (primary N) is 1. The molecule has 6 heteroatoms. The number of hydrogen-bond acceptors (Lipinski definition) is 5. The Labute approximate surface area is 98.6 Å². The summed E-state index contributed by atoms with van der Waals surface area (Å²) >= 11 is 1.18. The Hall–Kier alpha value is -1.01. The molecule has 1 saturated carbocycles. The molecule has 0 aliphatic heterocycles. The number of nitrogens with zero attached hydrogens (tertiary/aromatic N) is 2. The summed E-state index contributed by atoms with van der Waals surface area (Å²) in [6.07, 6.45) is 4.82. The average molecular weight is 240 g/mol. The second kappa shape index (κ2) is 5.36. The van der Waals surface area contributed by atoms with Gasteiger partial charge in [0.1, 0.15) is 0 Å². The lowest BCUT2D eigenvalue weighted by Gasteiger charge is -2.22. The van der Waals surface area contributed by atoms with Crippen LogP contribution < -0.4 is 11.1 Å². The minimum absolute atomic E-state index is 0.0803. The Kier molecular flexibility index (Phi) is 3.84. The van der Waals surface area contributed by atoms with Crippen LogP contribution in [0, 0.1) is 5.92 Å². The average Bonchev–Trinajstić information content (AvgIpc) is 2.96. The second-order valence-corrected chi connectivity index (χ2v) is 4.76. The first-order valence-corrected chi connectivity index (χ1v) is 6.43. The van der Waals surface area contributed by atoms with Crippen molar-refractivity contribution >= 4 is 17.4 Å². The maximum atomic E-state index is 11.8. The summed E-state index contributed by atoms with van der Waals surface area (Å²) in [7, 11) is 0. The van der Waals surface area contributed by atoms with E-state index in [1.807, 2.05) is 0 Å². The highest BCUT2D eigenvalue weighted by atomic mass is 32.1. The van der Waals surface area contributed by atoms with Crippen molar-refractivity contribution in [1.82, 2.24) is 14.9 Å². The Morgan fingerprint density at radius 3 is 2.94 bits per heavy atom. The van der Waals surface area contributed by atoms with E-state index >= 15 is 0 Å². The van der Waals surface area contributed by atoms with Crippen LogP contribution in [0.25, 0.3) is 0 Å². The first kappa shape index (κ1) is 11.5. The van der Waals surface area contributed by atoms with E-state index in [1.165, 1.54) is 24.4 Å². The van der Waals surface area contributed by atoms with Crippen LogP contribution in [0.5, 0.6) is 0 Å². The number of carbonyl (C=O) groups excluding carboxylic acids is 1. The minimum Gasteiger partial charge on any atom is -0.346 e. The Morgan fingerprint density at radius 2 is 2.38 bits per heavy atom. The summed E-state index contributed by atoms with van der Waals surface area (Å²) < 4.78 is 3.67. The first-order valence-electron chi connectivity index (χ1n) is 5.59. The molecular weight excluding hydrogens is 224 g/mol. The zero-order chi connectivity index (χ0) is 11.4. The summed E-state index contributed by atoms with van der Waals surface area (Å²) in [6.45, 7) is 0.494. The third kappa shape index (κ3) is 2.56. The lowest BCUT2D eigenvalue weighted by atomic mass is 9.98. The predicted octanol–water partition coefficient (Wildman–Crippen LogP) is 0.785. The molecule has 0 bridgehead atoms. The van der Waals surface area contributed by atoms with Crippen molar-refractivity contribution < 1.29 is 4.79 Å². The highest BCUT2D eigenvalue weighted by Crippen LogP contribution is 2.27. The highest BCUT2D eigenvalue weighted by Gasteiger charge is 2.26. The molecule has 0 spiro atoms. The predicted molar refractivity (Wildman–Crippen MR) is 62.2 cm³/mol. The molecule has 1 heterocycles. The van der Waals surface area contributed by atoms with Crippen LogP contribution in [0.1, 0.15) is 36.2 Å². The lowest BCUT2D eigenvalue weighted by Crippen LogP contribution is -2.44. The van der Waals surface area contributed by atoms with Crippen molar-refractivity contribution in [2.45, 2.75) is 31.7 Å². The van der Waals surface area contributed by atoms with E-state index in [-0.39, 0.29) is 11.9 Å². The van der Waals surface area contributed by atoms with E-state index in [4.69, 9.17) is 5.73 Å². The van der Waals surface area contributed by atoms with Gasteiger partial charge in [0.05, 0.1) is 0 Å². The highest BCUT2D eigenvalue weighted by molar-refractivity contribution is 7.03. The smallest absolute Gasteiger partial charge is 0.273 e. The fourth-order valence-electron chi connectivity index (χ4n) is 2.23. The monoisotopic (exact) mass is 240 g/mol. The second-order valence-electron chi connectivity index (χ2n) is 4.15. The Balaban J connectivity index is 1.93. The molecule has 0 radical (unpaired) electrons. The summed E-state index contributed by atoms with van der Waals surface area (Å²) in [5.74, 6) is 0.372. The van der Waals surface area contributed by atoms with E-state index < -0.39 is 0 Å². The van der Waals surface area contributed by atoms with Gasteiger partial charge in [0.15, 0.2) is 5.69 Å². The van der Waals surface area contributed by atoms with Crippen molar-refractivity contribution in [3.05, 3.63) is 11.1 Å². The number of hydrogen-bond donors (Lipinski definition) is 2. The van der Waals surface area contributed by atoms with Gasteiger partial charge in [-0.15, -0.1) is 5.10 Å². The molecule has 88 valence electrons. The summed E-state index contributed by atoms with van der Waals surface area (Å²) in [6, 6.07) is 0.0803. The van der Waals surface area contributed by atoms with Gasteiger partial charge in [0, 0.05) is 18.0 Å². The fraction of sp³-hybridized carbons (Fsp3) is 0.700. The van der Waals surface area contributed by atoms with Crippen molar-refractivity contribution in [2.24, 2.45) is 11.7 Å². The van der Waals surface area contributed by atoms with Gasteiger partial charge in [-0.25, -0.2) is 0 Å². The van der Waals surface area contributed by atoms with Gasteiger partial charge < -0.3 is 11.1 Å². The molecule has 3 N–H and O–H groups in total. The molecule has 1 aromatic heterocycles. The molecular formula is C10H16N4OS. The van der Waals surface area contributed by atoms with Crippen molar-refractivity contribution in [3.63, 3.8) is 0 Å². The van der Waals surface area contributed by atoms with Gasteiger partial charge in [-0.05, 0) is 30.3 Å². The SMILES string of the molecule is NCC(NC(=O)c1csnn1)C1CCCC1. The number of aromatic nitrogens is 2. The molecule has 1 fully saturated rings. The Morgan fingerprint density at radius 1 is 1.62 bits per heavy atom. The maximum absolute atomic E-state index is 11.8. The molecule has 1 amide bonds. The van der Waals surface area contributed by atoms with Crippen molar-refractivity contribution in [1.29, 1.82) is 0 Å². The molecule has 5 nitrogen and oxygen atoms in total. The maximum Gasteiger partial charge on any atom is 0.273 e. The van der Waals surface area contributed by atoms with Gasteiger partial charge in [0.2, 0.25) is 0 Å². The molecule has 1 aromatic rings. The van der Waals surface area contributed by atoms with Gasteiger partial charge in [-0.2, -0.15) is 0 Å². The van der Waals surface area contributed by atoms with E-state index in [9.17, 15) is 4.79 Å². The number of nitrogens with one attached hydrogen (secondary N) is 1. The molecule has 0 saturated heterocycles. The quantitative estimate of drug-likeness (QED) is 0.815. The molecule has 1 unspecified atom stereocenters. The van der Waals surface area contributed by atoms with Crippen LogP contribution >= 0.6 is 11.5 Å². The minimum atomic E-state index is -0.156. The van der Waals surface area contributed by atoms with Gasteiger partial charge in [-0.1, -0.05) is 17.3 Å². The van der Waals surface area contributed by atoms with Crippen LogP contribution in [0.2, 0.25) is 0 Å². The van der Waals surface area contributed by atoms with E-state index in [0.717, 1.165) is 12.8 Å². The third-order valence-electron chi connectivity index (χ3n) is 3.13. The number of rotatable bonds is 4. The van der Waals surface area contributed by atoms with Crippen LogP contribution in [-0.4, -0.2) is 28.1 Å². The molecule has 1 aliphatic rings. The van der Waals surface area contributed by atoms with Gasteiger partial charge >= 0.3 is 0 Å². The summed E-state index contributed by atoms with van der Waals surface area (Å²) in [4.78, 5) is 11.8. The van der Waals surface area contributed by atoms with Crippen LogP contribution in [0.4, 0.5) is 0 Å². The number of carbonyl (C=O) groups is 1. The topological polar surface area (TPSA) is 80.9 Å². The third-order valence-corrected chi connectivity index (χ3v) is 3.64. The van der Waals surface area contributed by atoms with Gasteiger partial charge in [0.25, 0.3) is 5.91 Å². The van der Waals surface area contributed by atoms with Crippen LogP contribution in [0.3, 0.4) is 0 Å². The van der Waals surface area contributed by atoms with Gasteiger partial charge in [-0.3, -0.25) is 4.79 Å². The van der Waals surface area contributed by atoms with Crippen LogP contribution in [0.15, 0.2) is 5.38 Å². The molecule has 0 aromatic carbocycles. The van der Waals surface area contributed by atoms with E-state index in [2.05, 4.69) is 14.9 Å². The normalized spacial score (nSPS) is 18.6.